The molecule has 0 aromatic carbocycles. The zero-order valence-corrected chi connectivity index (χ0v) is 15.9. The van der Waals surface area contributed by atoms with Crippen LogP contribution in [0.15, 0.2) is 5.76 Å². The van der Waals surface area contributed by atoms with Crippen molar-refractivity contribution in [3.05, 3.63) is 33.8 Å². The second kappa shape index (κ2) is 8.35. The molecule has 1 atom stereocenters. The van der Waals surface area contributed by atoms with Crippen molar-refractivity contribution in [1.29, 1.82) is 5.26 Å². The molecule has 10 heteroatoms. The van der Waals surface area contributed by atoms with E-state index in [2.05, 4.69) is 4.98 Å². The van der Waals surface area contributed by atoms with Crippen molar-refractivity contribution in [2.45, 2.75) is 46.2 Å². The van der Waals surface area contributed by atoms with Crippen molar-refractivity contribution in [2.24, 2.45) is 11.8 Å². The van der Waals surface area contributed by atoms with Gasteiger partial charge in [-0.25, -0.2) is 18.6 Å². The van der Waals surface area contributed by atoms with E-state index >= 15 is 0 Å². The lowest BCUT2D eigenvalue weighted by Crippen LogP contribution is -2.22. The third kappa shape index (κ3) is 4.49. The van der Waals surface area contributed by atoms with Gasteiger partial charge in [0.2, 0.25) is 0 Å². The van der Waals surface area contributed by atoms with E-state index in [1.807, 2.05) is 0 Å². The van der Waals surface area contributed by atoms with Crippen LogP contribution in [0, 0.1) is 23.2 Å². The fraction of sp³-hybridized carbons (Fsp3) is 0.526. The normalized spacial score (nSPS) is 18.7. The second-order valence-corrected chi connectivity index (χ2v) is 7.17. The Kier molecular flexibility index (Phi) is 6.50. The Hall–Kier alpha value is -2.70. The van der Waals surface area contributed by atoms with Gasteiger partial charge in [-0.15, -0.1) is 0 Å². The summed E-state index contributed by atoms with van der Waals surface area (Å²) in [6.45, 7) is 5.02. The Morgan fingerprint density at radius 2 is 1.97 bits per heavy atom. The van der Waals surface area contributed by atoms with E-state index in [-0.39, 0.29) is 30.6 Å². The Balaban J connectivity index is 3.09. The van der Waals surface area contributed by atoms with Crippen LogP contribution in [0.2, 0.25) is 0 Å². The molecule has 1 aliphatic rings. The molecule has 0 radical (unpaired) electrons. The second-order valence-electron chi connectivity index (χ2n) is 7.17. The summed E-state index contributed by atoms with van der Waals surface area (Å²) in [5, 5.41) is 19.1. The molecule has 0 aliphatic carbocycles. The van der Waals surface area contributed by atoms with Gasteiger partial charge in [-0.2, -0.15) is 18.4 Å². The van der Waals surface area contributed by atoms with Gasteiger partial charge < -0.3 is 9.84 Å². The number of nitriles is 1. The third-order valence-electron chi connectivity index (χ3n) is 4.49. The van der Waals surface area contributed by atoms with E-state index in [1.165, 1.54) is 0 Å². The number of ether oxygens (including phenoxy) is 1. The highest BCUT2D eigenvalue weighted by molar-refractivity contribution is 5.94. The first-order valence-corrected chi connectivity index (χ1v) is 8.82. The zero-order chi connectivity index (χ0) is 22.1. The highest BCUT2D eigenvalue weighted by atomic mass is 19.4. The molecule has 2 heterocycles. The first-order chi connectivity index (χ1) is 13.4. The first kappa shape index (κ1) is 22.6. The first-order valence-electron chi connectivity index (χ1n) is 8.82. The molecule has 0 amide bonds. The molecule has 2 rings (SSSR count). The van der Waals surface area contributed by atoms with Crippen LogP contribution in [0.4, 0.5) is 22.0 Å². The fourth-order valence-corrected chi connectivity index (χ4v) is 3.31. The molecular formula is C19H19F5N2O3. The SMILES string of the molecule is CC(C)Cc1c(C(=O)O)c(C(F)F)nc(C(F)(F)F)c1C(C#N)=C1OCCC1C. The fourth-order valence-electron chi connectivity index (χ4n) is 3.31. The summed E-state index contributed by atoms with van der Waals surface area (Å²) in [7, 11) is 0. The molecule has 0 bridgehead atoms. The average Bonchev–Trinajstić information content (AvgIpc) is 3.00. The van der Waals surface area contributed by atoms with Crippen LogP contribution in [0.3, 0.4) is 0 Å². The smallest absolute Gasteiger partial charge is 0.434 e. The highest BCUT2D eigenvalue weighted by Crippen LogP contribution is 2.43. The molecule has 5 nitrogen and oxygen atoms in total. The van der Waals surface area contributed by atoms with E-state index in [9.17, 15) is 37.1 Å². The summed E-state index contributed by atoms with van der Waals surface area (Å²) in [5.41, 5.74) is -5.98. The van der Waals surface area contributed by atoms with Gasteiger partial charge in [0.25, 0.3) is 6.43 Å². The lowest BCUT2D eigenvalue weighted by atomic mass is 9.86. The number of rotatable bonds is 5. The number of pyridine rings is 1. The topological polar surface area (TPSA) is 83.2 Å². The van der Waals surface area contributed by atoms with Gasteiger partial charge in [0.1, 0.15) is 17.5 Å². The number of nitrogens with zero attached hydrogens (tertiary/aromatic N) is 2. The van der Waals surface area contributed by atoms with Crippen molar-refractivity contribution >= 4 is 11.5 Å². The minimum absolute atomic E-state index is 0.0223. The van der Waals surface area contributed by atoms with Gasteiger partial charge in [-0.3, -0.25) is 0 Å². The molecule has 1 fully saturated rings. The largest absolute Gasteiger partial charge is 0.496 e. The van der Waals surface area contributed by atoms with Crippen LogP contribution >= 0.6 is 0 Å². The summed E-state index contributed by atoms with van der Waals surface area (Å²) >= 11 is 0. The Morgan fingerprint density at radius 3 is 2.34 bits per heavy atom. The minimum atomic E-state index is -5.19. The molecule has 158 valence electrons. The standard InChI is InChI=1S/C19H19F5N2O3/c1-8(2)6-10-12(11(7-25)15-9(3)4-5-29-15)16(19(22,23)24)26-14(17(20)21)13(10)18(27)28/h8-9,17H,4-6H2,1-3H3,(H,27,28). The maximum absolute atomic E-state index is 13.8. The van der Waals surface area contributed by atoms with Gasteiger partial charge in [-0.1, -0.05) is 20.8 Å². The van der Waals surface area contributed by atoms with Gasteiger partial charge in [-0.05, 0) is 24.3 Å². The molecule has 0 spiro atoms. The van der Waals surface area contributed by atoms with Crippen molar-refractivity contribution < 1.29 is 36.6 Å². The number of carbonyl (C=O) groups is 1. The van der Waals surface area contributed by atoms with Crippen molar-refractivity contribution in [3.63, 3.8) is 0 Å². The summed E-state index contributed by atoms with van der Waals surface area (Å²) in [4.78, 5) is 14.8. The number of alkyl halides is 5. The van der Waals surface area contributed by atoms with E-state index in [1.54, 1.807) is 26.8 Å². The van der Waals surface area contributed by atoms with Gasteiger partial charge in [0.15, 0.2) is 5.69 Å². The summed E-state index contributed by atoms with van der Waals surface area (Å²) in [6.07, 6.45) is -8.54. The van der Waals surface area contributed by atoms with Crippen molar-refractivity contribution in [2.75, 3.05) is 6.61 Å². The van der Waals surface area contributed by atoms with Crippen LogP contribution < -0.4 is 0 Å². The van der Waals surface area contributed by atoms with E-state index in [0.29, 0.717) is 6.42 Å². The summed E-state index contributed by atoms with van der Waals surface area (Å²) < 4.78 is 73.6. The Bertz CT molecular complexity index is 885. The molecule has 1 aromatic rings. The van der Waals surface area contributed by atoms with E-state index in [0.717, 1.165) is 0 Å². The molecule has 1 saturated heterocycles. The lowest BCUT2D eigenvalue weighted by molar-refractivity contribution is -0.141. The van der Waals surface area contributed by atoms with Crippen LogP contribution in [0.25, 0.3) is 5.57 Å². The summed E-state index contributed by atoms with van der Waals surface area (Å²) in [6, 6.07) is 1.67. The predicted molar refractivity (Wildman–Crippen MR) is 92.0 cm³/mol. The van der Waals surface area contributed by atoms with Gasteiger partial charge in [0.05, 0.1) is 17.7 Å². The maximum atomic E-state index is 13.8. The highest BCUT2D eigenvalue weighted by Gasteiger charge is 2.42. The Labute approximate surface area is 163 Å². The van der Waals surface area contributed by atoms with E-state index in [4.69, 9.17) is 4.74 Å². The number of carboxylic acids is 1. The lowest BCUT2D eigenvalue weighted by Gasteiger charge is -2.22. The average molecular weight is 418 g/mol. The number of carboxylic acid groups (broad SMARTS) is 1. The van der Waals surface area contributed by atoms with Crippen LogP contribution in [-0.4, -0.2) is 22.7 Å². The van der Waals surface area contributed by atoms with Gasteiger partial charge in [0, 0.05) is 11.5 Å². The van der Waals surface area contributed by atoms with E-state index < -0.39 is 52.2 Å². The number of allylic oxidation sites excluding steroid dienone is 2. The molecule has 1 aromatic heterocycles. The molecule has 1 aliphatic heterocycles. The maximum Gasteiger partial charge on any atom is 0.434 e. The number of halogens is 5. The van der Waals surface area contributed by atoms with Crippen LogP contribution in [0.5, 0.6) is 0 Å². The molecule has 29 heavy (non-hydrogen) atoms. The number of aromatic nitrogens is 1. The number of aromatic carboxylic acids is 1. The monoisotopic (exact) mass is 418 g/mol. The molecule has 1 N–H and O–H groups in total. The van der Waals surface area contributed by atoms with Crippen LogP contribution in [0.1, 0.15) is 66.5 Å². The van der Waals surface area contributed by atoms with Crippen molar-refractivity contribution in [1.82, 2.24) is 4.98 Å². The predicted octanol–water partition coefficient (Wildman–Crippen LogP) is 5.23. The van der Waals surface area contributed by atoms with Gasteiger partial charge >= 0.3 is 12.1 Å². The zero-order valence-electron chi connectivity index (χ0n) is 15.9. The molecule has 0 saturated carbocycles. The van der Waals surface area contributed by atoms with Crippen molar-refractivity contribution in [3.8, 4) is 6.07 Å². The molecule has 1 unspecified atom stereocenters. The Morgan fingerprint density at radius 1 is 1.34 bits per heavy atom. The third-order valence-corrected chi connectivity index (χ3v) is 4.49. The minimum Gasteiger partial charge on any atom is -0.496 e. The number of hydrogen-bond acceptors (Lipinski definition) is 4. The summed E-state index contributed by atoms with van der Waals surface area (Å²) in [5.74, 6) is -2.62. The van der Waals surface area contributed by atoms with Crippen LogP contribution in [-0.2, 0) is 17.3 Å². The number of hydrogen-bond donors (Lipinski definition) is 1. The molecular weight excluding hydrogens is 399 g/mol. The quantitative estimate of drug-likeness (QED) is 0.523.